The number of nitrogens with zero attached hydrogens (tertiary/aromatic N) is 2. The molecular formula is C10H13ClF3N3OS. The van der Waals surface area contributed by atoms with Crippen LogP contribution in [0.25, 0.3) is 0 Å². The smallest absolute Gasteiger partial charge is 0.382 e. The second kappa shape index (κ2) is 6.51. The van der Waals surface area contributed by atoms with Crippen LogP contribution in [0.15, 0.2) is 11.0 Å². The minimum atomic E-state index is -4.26. The van der Waals surface area contributed by atoms with Crippen molar-refractivity contribution in [1.29, 1.82) is 0 Å². The van der Waals surface area contributed by atoms with Crippen molar-refractivity contribution in [3.63, 3.8) is 0 Å². The van der Waals surface area contributed by atoms with Crippen molar-refractivity contribution in [2.75, 3.05) is 17.6 Å². The summed E-state index contributed by atoms with van der Waals surface area (Å²) in [6.07, 6.45) is 1.34. The van der Waals surface area contributed by atoms with Crippen molar-refractivity contribution >= 4 is 29.1 Å². The summed E-state index contributed by atoms with van der Waals surface area (Å²) >= 11 is 5.71. The van der Waals surface area contributed by atoms with Crippen molar-refractivity contribution in [2.24, 2.45) is 0 Å². The molecule has 0 saturated heterocycles. The third-order valence-corrected chi connectivity index (χ3v) is 3.22. The zero-order valence-corrected chi connectivity index (χ0v) is 11.9. The molecule has 0 unspecified atom stereocenters. The van der Waals surface area contributed by atoms with Crippen LogP contribution < -0.4 is 10.9 Å². The molecule has 0 radical (unpaired) electrons. The normalized spacial score (nSPS) is 11.9. The molecule has 0 aromatic carbocycles. The van der Waals surface area contributed by atoms with Crippen LogP contribution in [-0.4, -0.2) is 27.6 Å². The summed E-state index contributed by atoms with van der Waals surface area (Å²) in [6.45, 7) is 3.59. The third-order valence-electron chi connectivity index (χ3n) is 2.12. The molecule has 0 bridgehead atoms. The maximum Gasteiger partial charge on any atom is 0.441 e. The highest BCUT2D eigenvalue weighted by molar-refractivity contribution is 8.00. The van der Waals surface area contributed by atoms with Crippen LogP contribution in [0.2, 0.25) is 5.02 Å². The van der Waals surface area contributed by atoms with Gasteiger partial charge in [-0.1, -0.05) is 11.6 Å². The average molecular weight is 316 g/mol. The molecule has 1 rings (SSSR count). The lowest BCUT2D eigenvalue weighted by Gasteiger charge is -2.12. The highest BCUT2D eigenvalue weighted by Crippen LogP contribution is 2.29. The Labute approximate surface area is 117 Å². The van der Waals surface area contributed by atoms with Crippen molar-refractivity contribution in [2.45, 2.75) is 25.4 Å². The van der Waals surface area contributed by atoms with Gasteiger partial charge in [0.1, 0.15) is 5.02 Å². The fourth-order valence-corrected chi connectivity index (χ4v) is 1.93. The molecule has 9 heteroatoms. The molecule has 0 aliphatic carbocycles. The zero-order chi connectivity index (χ0) is 14.6. The van der Waals surface area contributed by atoms with Crippen molar-refractivity contribution in [1.82, 2.24) is 9.78 Å². The summed E-state index contributed by atoms with van der Waals surface area (Å²) in [5.74, 6) is -0.174. The molecule has 0 aliphatic heterocycles. The summed E-state index contributed by atoms with van der Waals surface area (Å²) in [5, 5.41) is 6.49. The van der Waals surface area contributed by atoms with Gasteiger partial charge in [0.05, 0.1) is 17.9 Å². The number of halogens is 4. The first-order chi connectivity index (χ1) is 8.72. The number of nitrogens with one attached hydrogen (secondary N) is 1. The summed E-state index contributed by atoms with van der Waals surface area (Å²) in [5.41, 5.74) is -4.48. The second-order valence-corrected chi connectivity index (χ2v) is 5.47. The lowest BCUT2D eigenvalue weighted by atomic mass is 10.4. The molecule has 1 aromatic rings. The second-order valence-electron chi connectivity index (χ2n) is 3.94. The minimum absolute atomic E-state index is 0.0384. The first-order valence-corrected chi connectivity index (χ1v) is 6.80. The predicted molar refractivity (Wildman–Crippen MR) is 70.9 cm³/mol. The SMILES string of the molecule is CC(C)n1ncc(NCCSC(F)(F)F)c(Cl)c1=O. The van der Waals surface area contributed by atoms with Crippen LogP contribution >= 0.6 is 23.4 Å². The Balaban J connectivity index is 2.66. The number of anilines is 1. The number of alkyl halides is 3. The van der Waals surface area contributed by atoms with Gasteiger partial charge in [-0.3, -0.25) is 4.79 Å². The Hall–Kier alpha value is -0.890. The molecule has 1 N–H and O–H groups in total. The monoisotopic (exact) mass is 315 g/mol. The fraction of sp³-hybridized carbons (Fsp3) is 0.600. The largest absolute Gasteiger partial charge is 0.441 e. The van der Waals surface area contributed by atoms with E-state index in [-0.39, 0.29) is 40.8 Å². The molecule has 0 fully saturated rings. The highest BCUT2D eigenvalue weighted by atomic mass is 35.5. The fourth-order valence-electron chi connectivity index (χ4n) is 1.29. The van der Waals surface area contributed by atoms with Crippen LogP contribution in [0.3, 0.4) is 0 Å². The first kappa shape index (κ1) is 16.2. The molecule has 0 aliphatic rings. The first-order valence-electron chi connectivity index (χ1n) is 5.44. The molecular weight excluding hydrogens is 303 g/mol. The molecule has 0 saturated carbocycles. The van der Waals surface area contributed by atoms with Crippen molar-refractivity contribution in [3.05, 3.63) is 21.6 Å². The van der Waals surface area contributed by atoms with Gasteiger partial charge in [-0.15, -0.1) is 0 Å². The number of hydrogen-bond acceptors (Lipinski definition) is 4. The topological polar surface area (TPSA) is 46.9 Å². The van der Waals surface area contributed by atoms with E-state index in [4.69, 9.17) is 11.6 Å². The van der Waals surface area contributed by atoms with E-state index in [1.165, 1.54) is 10.9 Å². The van der Waals surface area contributed by atoms with Gasteiger partial charge in [0.2, 0.25) is 0 Å². The Morgan fingerprint density at radius 3 is 2.68 bits per heavy atom. The predicted octanol–water partition coefficient (Wildman–Crippen LogP) is 3.14. The van der Waals surface area contributed by atoms with Crippen LogP contribution in [0.5, 0.6) is 0 Å². The summed E-state index contributed by atoms with van der Waals surface area (Å²) in [7, 11) is 0. The molecule has 0 spiro atoms. The highest BCUT2D eigenvalue weighted by Gasteiger charge is 2.27. The van der Waals surface area contributed by atoms with Crippen molar-refractivity contribution in [3.8, 4) is 0 Å². The zero-order valence-electron chi connectivity index (χ0n) is 10.3. The molecule has 0 amide bonds. The molecule has 108 valence electrons. The summed E-state index contributed by atoms with van der Waals surface area (Å²) in [6, 6.07) is -0.139. The van der Waals surface area contributed by atoms with E-state index in [0.29, 0.717) is 0 Å². The van der Waals surface area contributed by atoms with Crippen LogP contribution in [0.4, 0.5) is 18.9 Å². The van der Waals surface area contributed by atoms with E-state index < -0.39 is 11.1 Å². The van der Waals surface area contributed by atoms with Gasteiger partial charge in [-0.25, -0.2) is 4.68 Å². The summed E-state index contributed by atoms with van der Waals surface area (Å²) < 4.78 is 36.9. The standard InChI is InChI=1S/C10H13ClF3N3OS/c1-6(2)17-9(18)8(11)7(5-16-17)15-3-4-19-10(12,13)14/h5-6,15H,3-4H2,1-2H3. The van der Waals surface area contributed by atoms with Crippen molar-refractivity contribution < 1.29 is 13.2 Å². The van der Waals surface area contributed by atoms with E-state index in [9.17, 15) is 18.0 Å². The number of rotatable bonds is 5. The van der Waals surface area contributed by atoms with E-state index in [1.807, 2.05) is 0 Å². The van der Waals surface area contributed by atoms with Gasteiger partial charge in [-0.2, -0.15) is 18.3 Å². The molecule has 1 aromatic heterocycles. The van der Waals surface area contributed by atoms with Crippen LogP contribution in [0.1, 0.15) is 19.9 Å². The maximum atomic E-state index is 11.9. The lowest BCUT2D eigenvalue weighted by molar-refractivity contribution is -0.0327. The number of hydrogen-bond donors (Lipinski definition) is 1. The van der Waals surface area contributed by atoms with Crippen LogP contribution in [0, 0.1) is 0 Å². The van der Waals surface area contributed by atoms with E-state index in [2.05, 4.69) is 10.4 Å². The quantitative estimate of drug-likeness (QED) is 0.848. The average Bonchev–Trinajstić information content (AvgIpc) is 2.28. The number of thioether (sulfide) groups is 1. The molecule has 19 heavy (non-hydrogen) atoms. The van der Waals surface area contributed by atoms with Gasteiger partial charge >= 0.3 is 5.51 Å². The van der Waals surface area contributed by atoms with E-state index in [0.717, 1.165) is 0 Å². The van der Waals surface area contributed by atoms with Gasteiger partial charge in [0.15, 0.2) is 0 Å². The van der Waals surface area contributed by atoms with Gasteiger partial charge in [0, 0.05) is 12.3 Å². The van der Waals surface area contributed by atoms with Crippen LogP contribution in [-0.2, 0) is 0 Å². The van der Waals surface area contributed by atoms with Gasteiger partial charge in [-0.05, 0) is 25.6 Å². The van der Waals surface area contributed by atoms with Gasteiger partial charge < -0.3 is 5.32 Å². The van der Waals surface area contributed by atoms with E-state index >= 15 is 0 Å². The Morgan fingerprint density at radius 1 is 1.53 bits per heavy atom. The Bertz CT molecular complexity index is 490. The Morgan fingerprint density at radius 2 is 2.16 bits per heavy atom. The summed E-state index contributed by atoms with van der Waals surface area (Å²) in [4.78, 5) is 11.8. The lowest BCUT2D eigenvalue weighted by Crippen LogP contribution is -2.26. The maximum absolute atomic E-state index is 11.9. The Kier molecular flexibility index (Phi) is 5.54. The molecule has 1 heterocycles. The minimum Gasteiger partial charge on any atom is -0.382 e. The number of aromatic nitrogens is 2. The molecule has 4 nitrogen and oxygen atoms in total. The third kappa shape index (κ3) is 4.94. The molecule has 0 atom stereocenters. The van der Waals surface area contributed by atoms with Gasteiger partial charge in [0.25, 0.3) is 5.56 Å². The van der Waals surface area contributed by atoms with E-state index in [1.54, 1.807) is 13.8 Å².